The van der Waals surface area contributed by atoms with Crippen LogP contribution in [-0.4, -0.2) is 50.8 Å². The normalized spacial score (nSPS) is 10.7. The standard InChI is InChI=1S/C20H27N3O3.HI/c1-21-20(23(2)14-15-5-8-17(25-3)9-6-15)22-12-11-16-7-10-18(26-4)13-19(16)24;/h5-10,13,24H,11-12,14H2,1-4H3,(H,21,22);1H. The van der Waals surface area contributed by atoms with Crippen LogP contribution < -0.4 is 14.8 Å². The van der Waals surface area contributed by atoms with Crippen molar-refractivity contribution in [3.05, 3.63) is 53.6 Å². The summed E-state index contributed by atoms with van der Waals surface area (Å²) in [4.78, 5) is 6.37. The maximum atomic E-state index is 10.0. The van der Waals surface area contributed by atoms with Gasteiger partial charge in [0.2, 0.25) is 0 Å². The Morgan fingerprint density at radius 3 is 2.26 bits per heavy atom. The molecule has 6 nitrogen and oxygen atoms in total. The van der Waals surface area contributed by atoms with Crippen molar-refractivity contribution < 1.29 is 14.6 Å². The number of aliphatic imine (C=N–C) groups is 1. The Morgan fingerprint density at radius 2 is 1.70 bits per heavy atom. The van der Waals surface area contributed by atoms with Crippen molar-refractivity contribution in [2.75, 3.05) is 34.9 Å². The first-order valence-corrected chi connectivity index (χ1v) is 8.48. The molecule has 2 aromatic carbocycles. The Labute approximate surface area is 178 Å². The van der Waals surface area contributed by atoms with E-state index in [2.05, 4.69) is 15.2 Å². The van der Waals surface area contributed by atoms with Crippen LogP contribution in [0, 0.1) is 0 Å². The van der Waals surface area contributed by atoms with Crippen molar-refractivity contribution in [1.29, 1.82) is 0 Å². The highest BCUT2D eigenvalue weighted by molar-refractivity contribution is 14.0. The lowest BCUT2D eigenvalue weighted by atomic mass is 10.1. The van der Waals surface area contributed by atoms with E-state index in [0.717, 1.165) is 23.8 Å². The summed E-state index contributed by atoms with van der Waals surface area (Å²) in [5.74, 6) is 2.54. The van der Waals surface area contributed by atoms with Crippen LogP contribution in [0.15, 0.2) is 47.5 Å². The van der Waals surface area contributed by atoms with Crippen LogP contribution in [0.3, 0.4) is 0 Å². The van der Waals surface area contributed by atoms with Crippen LogP contribution in [0.5, 0.6) is 17.2 Å². The van der Waals surface area contributed by atoms with E-state index in [1.165, 1.54) is 5.56 Å². The highest BCUT2D eigenvalue weighted by Gasteiger charge is 2.08. The molecule has 27 heavy (non-hydrogen) atoms. The van der Waals surface area contributed by atoms with Gasteiger partial charge in [0, 0.05) is 33.3 Å². The Bertz CT molecular complexity index is 736. The first-order valence-electron chi connectivity index (χ1n) is 8.48. The van der Waals surface area contributed by atoms with E-state index < -0.39 is 0 Å². The molecule has 0 saturated carbocycles. The zero-order valence-corrected chi connectivity index (χ0v) is 18.6. The lowest BCUT2D eigenvalue weighted by Crippen LogP contribution is -2.39. The van der Waals surface area contributed by atoms with Crippen molar-refractivity contribution in [3.63, 3.8) is 0 Å². The summed E-state index contributed by atoms with van der Waals surface area (Å²) in [5.41, 5.74) is 2.04. The average Bonchev–Trinajstić information content (AvgIpc) is 2.66. The first-order chi connectivity index (χ1) is 12.6. The zero-order valence-electron chi connectivity index (χ0n) is 16.2. The number of phenolic OH excluding ortho intramolecular Hbond substituents is 1. The third kappa shape index (κ3) is 6.82. The number of phenols is 1. The van der Waals surface area contributed by atoms with Gasteiger partial charge in [-0.05, 0) is 35.7 Å². The minimum atomic E-state index is 0. The third-order valence-electron chi connectivity index (χ3n) is 4.12. The number of ether oxygens (including phenoxy) is 2. The van der Waals surface area contributed by atoms with Crippen LogP contribution in [0.4, 0.5) is 0 Å². The molecular weight excluding hydrogens is 457 g/mol. The molecule has 2 N–H and O–H groups in total. The number of benzene rings is 2. The van der Waals surface area contributed by atoms with Crippen molar-refractivity contribution in [1.82, 2.24) is 10.2 Å². The smallest absolute Gasteiger partial charge is 0.193 e. The molecule has 0 aromatic heterocycles. The molecule has 0 aliphatic rings. The van der Waals surface area contributed by atoms with Crippen molar-refractivity contribution in [3.8, 4) is 17.2 Å². The molecule has 2 aromatic rings. The number of rotatable bonds is 7. The summed E-state index contributed by atoms with van der Waals surface area (Å²) in [6.07, 6.45) is 0.686. The molecule has 0 aliphatic carbocycles. The summed E-state index contributed by atoms with van der Waals surface area (Å²) < 4.78 is 10.3. The molecule has 2 rings (SSSR count). The van der Waals surface area contributed by atoms with Gasteiger partial charge in [0.1, 0.15) is 17.2 Å². The number of methoxy groups -OCH3 is 2. The molecule has 0 bridgehead atoms. The number of halogens is 1. The summed E-state index contributed by atoms with van der Waals surface area (Å²) in [5, 5.41) is 13.4. The number of hydrogen-bond donors (Lipinski definition) is 2. The molecular formula is C20H28IN3O3. The molecule has 148 valence electrons. The zero-order chi connectivity index (χ0) is 18.9. The lowest BCUT2D eigenvalue weighted by Gasteiger charge is -2.22. The second-order valence-electron chi connectivity index (χ2n) is 5.92. The molecule has 0 fully saturated rings. The van der Waals surface area contributed by atoms with Crippen molar-refractivity contribution >= 4 is 29.9 Å². The lowest BCUT2D eigenvalue weighted by molar-refractivity contribution is 0.406. The molecule has 0 spiro atoms. The van der Waals surface area contributed by atoms with E-state index in [1.807, 2.05) is 43.4 Å². The fourth-order valence-electron chi connectivity index (χ4n) is 2.66. The van der Waals surface area contributed by atoms with Crippen LogP contribution >= 0.6 is 24.0 Å². The molecule has 0 amide bonds. The van der Waals surface area contributed by atoms with E-state index in [-0.39, 0.29) is 29.7 Å². The van der Waals surface area contributed by atoms with Crippen LogP contribution in [0.25, 0.3) is 0 Å². The Hall–Kier alpha value is -2.16. The van der Waals surface area contributed by atoms with Crippen LogP contribution in [0.1, 0.15) is 11.1 Å². The van der Waals surface area contributed by atoms with Gasteiger partial charge in [0.15, 0.2) is 5.96 Å². The molecule has 0 saturated heterocycles. The minimum absolute atomic E-state index is 0. The van der Waals surface area contributed by atoms with E-state index in [0.29, 0.717) is 18.7 Å². The van der Waals surface area contributed by atoms with Crippen LogP contribution in [-0.2, 0) is 13.0 Å². The second-order valence-corrected chi connectivity index (χ2v) is 5.92. The Balaban J connectivity index is 0.00000364. The van der Waals surface area contributed by atoms with Crippen LogP contribution in [0.2, 0.25) is 0 Å². The van der Waals surface area contributed by atoms with Crippen molar-refractivity contribution in [2.24, 2.45) is 4.99 Å². The fraction of sp³-hybridized carbons (Fsp3) is 0.350. The van der Waals surface area contributed by atoms with Gasteiger partial charge < -0.3 is 24.8 Å². The topological polar surface area (TPSA) is 66.3 Å². The number of guanidine groups is 1. The number of nitrogens with one attached hydrogen (secondary N) is 1. The highest BCUT2D eigenvalue weighted by Crippen LogP contribution is 2.23. The maximum absolute atomic E-state index is 10.0. The van der Waals surface area contributed by atoms with Gasteiger partial charge in [-0.3, -0.25) is 4.99 Å². The minimum Gasteiger partial charge on any atom is -0.508 e. The van der Waals surface area contributed by atoms with Gasteiger partial charge >= 0.3 is 0 Å². The summed E-state index contributed by atoms with van der Waals surface area (Å²) >= 11 is 0. The molecule has 0 unspecified atom stereocenters. The third-order valence-corrected chi connectivity index (χ3v) is 4.12. The summed E-state index contributed by atoms with van der Waals surface area (Å²) in [6.45, 7) is 1.40. The second kappa shape index (κ2) is 11.5. The Kier molecular flexibility index (Phi) is 9.77. The largest absolute Gasteiger partial charge is 0.508 e. The predicted octanol–water partition coefficient (Wildman–Crippen LogP) is 3.28. The van der Waals surface area contributed by atoms with E-state index in [9.17, 15) is 5.11 Å². The Morgan fingerprint density at radius 1 is 1.07 bits per heavy atom. The SMILES string of the molecule is CN=C(NCCc1ccc(OC)cc1O)N(C)Cc1ccc(OC)cc1.I. The maximum Gasteiger partial charge on any atom is 0.193 e. The van der Waals surface area contributed by atoms with Gasteiger partial charge in [-0.25, -0.2) is 0 Å². The summed E-state index contributed by atoms with van der Waals surface area (Å²) in [6, 6.07) is 13.3. The molecule has 0 aliphatic heterocycles. The van der Waals surface area contributed by atoms with Gasteiger partial charge in [-0.2, -0.15) is 0 Å². The monoisotopic (exact) mass is 485 g/mol. The average molecular weight is 485 g/mol. The fourth-order valence-corrected chi connectivity index (χ4v) is 2.66. The summed E-state index contributed by atoms with van der Waals surface area (Å²) in [7, 11) is 6.99. The molecule has 0 radical (unpaired) electrons. The van der Waals surface area contributed by atoms with E-state index in [4.69, 9.17) is 9.47 Å². The first kappa shape index (κ1) is 22.9. The number of hydrogen-bond acceptors (Lipinski definition) is 4. The quantitative estimate of drug-likeness (QED) is 0.358. The number of aromatic hydroxyl groups is 1. The highest BCUT2D eigenvalue weighted by atomic mass is 127. The molecule has 0 heterocycles. The van der Waals surface area contributed by atoms with Gasteiger partial charge in [0.05, 0.1) is 14.2 Å². The predicted molar refractivity (Wildman–Crippen MR) is 120 cm³/mol. The van der Waals surface area contributed by atoms with Gasteiger partial charge in [0.25, 0.3) is 0 Å². The van der Waals surface area contributed by atoms with E-state index in [1.54, 1.807) is 27.3 Å². The van der Waals surface area contributed by atoms with Gasteiger partial charge in [-0.1, -0.05) is 18.2 Å². The van der Waals surface area contributed by atoms with Gasteiger partial charge in [-0.15, -0.1) is 24.0 Å². The molecule has 0 atom stereocenters. The number of nitrogens with zero attached hydrogens (tertiary/aromatic N) is 2. The molecule has 7 heteroatoms. The van der Waals surface area contributed by atoms with E-state index >= 15 is 0 Å². The van der Waals surface area contributed by atoms with Crippen molar-refractivity contribution in [2.45, 2.75) is 13.0 Å².